The van der Waals surface area contributed by atoms with Crippen LogP contribution in [0.15, 0.2) is 4.99 Å². The maximum atomic E-state index is 5.09. The number of rotatable bonds is 8. The predicted molar refractivity (Wildman–Crippen MR) is 89.9 cm³/mol. The van der Waals surface area contributed by atoms with Crippen molar-refractivity contribution in [2.24, 2.45) is 16.8 Å². The van der Waals surface area contributed by atoms with Gasteiger partial charge in [0, 0.05) is 46.9 Å². The largest absolute Gasteiger partial charge is 0.383 e. The minimum absolute atomic E-state index is 0.786. The first-order chi connectivity index (χ1) is 10.1. The van der Waals surface area contributed by atoms with Gasteiger partial charge in [0.05, 0.1) is 6.61 Å². The highest BCUT2D eigenvalue weighted by Gasteiger charge is 2.25. The Balaban J connectivity index is 2.26. The monoisotopic (exact) mass is 298 g/mol. The predicted octanol–water partition coefficient (Wildman–Crippen LogP) is 1.51. The molecule has 1 aliphatic heterocycles. The summed E-state index contributed by atoms with van der Waals surface area (Å²) in [6, 6.07) is 0. The number of ether oxygens (including phenoxy) is 1. The van der Waals surface area contributed by atoms with E-state index in [1.54, 1.807) is 7.11 Å². The molecule has 0 radical (unpaired) electrons. The quantitative estimate of drug-likeness (QED) is 0.545. The van der Waals surface area contributed by atoms with Crippen molar-refractivity contribution in [2.75, 3.05) is 60.5 Å². The molecule has 1 heterocycles. The fourth-order valence-corrected chi connectivity index (χ4v) is 2.93. The van der Waals surface area contributed by atoms with E-state index in [2.05, 4.69) is 41.0 Å². The Morgan fingerprint density at radius 1 is 1.43 bits per heavy atom. The Kier molecular flexibility index (Phi) is 8.69. The first-order valence-corrected chi connectivity index (χ1v) is 8.19. The molecule has 5 heteroatoms. The molecule has 1 unspecified atom stereocenters. The first-order valence-electron chi connectivity index (χ1n) is 8.19. The molecule has 0 spiro atoms. The van der Waals surface area contributed by atoms with Crippen molar-refractivity contribution < 1.29 is 4.74 Å². The van der Waals surface area contributed by atoms with Crippen molar-refractivity contribution in [2.45, 2.75) is 26.7 Å². The molecule has 5 nitrogen and oxygen atoms in total. The molecule has 124 valence electrons. The summed E-state index contributed by atoms with van der Waals surface area (Å²) < 4.78 is 5.09. The van der Waals surface area contributed by atoms with Crippen LogP contribution in [0.1, 0.15) is 26.7 Å². The summed E-state index contributed by atoms with van der Waals surface area (Å²) in [5, 5.41) is 3.49. The number of nitrogens with one attached hydrogen (secondary N) is 1. The van der Waals surface area contributed by atoms with E-state index >= 15 is 0 Å². The van der Waals surface area contributed by atoms with Gasteiger partial charge in [-0.25, -0.2) is 0 Å². The number of hydrogen-bond donors (Lipinski definition) is 1. The van der Waals surface area contributed by atoms with Crippen LogP contribution in [-0.2, 0) is 4.74 Å². The standard InChI is InChI=1S/C16H34N4O/c1-14(2)12-15-6-8-20(13-15)16(17-3)18-7-9-19(4)10-11-21-5/h14-15H,6-13H2,1-5H3,(H,17,18). The second kappa shape index (κ2) is 10.0. The van der Waals surface area contributed by atoms with Crippen molar-refractivity contribution in [3.63, 3.8) is 0 Å². The molecule has 0 saturated carbocycles. The summed E-state index contributed by atoms with van der Waals surface area (Å²) in [5.74, 6) is 2.67. The molecule has 21 heavy (non-hydrogen) atoms. The molecule has 1 saturated heterocycles. The molecular formula is C16H34N4O. The molecule has 0 aliphatic carbocycles. The lowest BCUT2D eigenvalue weighted by Gasteiger charge is -2.23. The van der Waals surface area contributed by atoms with Gasteiger partial charge < -0.3 is 19.9 Å². The van der Waals surface area contributed by atoms with Gasteiger partial charge in [0.25, 0.3) is 0 Å². The molecule has 1 rings (SSSR count). The molecule has 0 aromatic heterocycles. The molecule has 1 fully saturated rings. The normalized spacial score (nSPS) is 19.9. The third-order valence-corrected chi connectivity index (χ3v) is 4.06. The summed E-state index contributed by atoms with van der Waals surface area (Å²) in [5.41, 5.74) is 0. The van der Waals surface area contributed by atoms with Crippen LogP contribution in [0.5, 0.6) is 0 Å². The maximum absolute atomic E-state index is 5.09. The zero-order valence-electron chi connectivity index (χ0n) is 14.6. The zero-order valence-corrected chi connectivity index (χ0v) is 14.6. The lowest BCUT2D eigenvalue weighted by atomic mass is 9.97. The highest BCUT2D eigenvalue weighted by atomic mass is 16.5. The average molecular weight is 298 g/mol. The lowest BCUT2D eigenvalue weighted by Crippen LogP contribution is -2.43. The highest BCUT2D eigenvalue weighted by Crippen LogP contribution is 2.23. The van der Waals surface area contributed by atoms with Gasteiger partial charge in [0.15, 0.2) is 5.96 Å². The van der Waals surface area contributed by atoms with Crippen molar-refractivity contribution in [3.05, 3.63) is 0 Å². The minimum Gasteiger partial charge on any atom is -0.383 e. The van der Waals surface area contributed by atoms with Crippen LogP contribution in [0, 0.1) is 11.8 Å². The summed E-state index contributed by atoms with van der Waals surface area (Å²) in [7, 11) is 5.75. The zero-order chi connectivity index (χ0) is 15.7. The summed E-state index contributed by atoms with van der Waals surface area (Å²) >= 11 is 0. The van der Waals surface area contributed by atoms with E-state index in [1.165, 1.54) is 12.8 Å². The van der Waals surface area contributed by atoms with Crippen LogP contribution < -0.4 is 5.32 Å². The third kappa shape index (κ3) is 7.14. The smallest absolute Gasteiger partial charge is 0.193 e. The molecular weight excluding hydrogens is 264 g/mol. The Bertz CT molecular complexity index is 307. The van der Waals surface area contributed by atoms with Gasteiger partial charge in [-0.05, 0) is 31.7 Å². The Hall–Kier alpha value is -0.810. The van der Waals surface area contributed by atoms with Crippen molar-refractivity contribution >= 4 is 5.96 Å². The Labute approximate surface area is 130 Å². The molecule has 0 aromatic rings. The second-order valence-electron chi connectivity index (χ2n) is 6.50. The van der Waals surface area contributed by atoms with E-state index in [9.17, 15) is 0 Å². The number of nitrogens with zero attached hydrogens (tertiary/aromatic N) is 3. The fourth-order valence-electron chi connectivity index (χ4n) is 2.93. The van der Waals surface area contributed by atoms with Gasteiger partial charge in [-0.15, -0.1) is 0 Å². The molecule has 0 aromatic carbocycles. The van der Waals surface area contributed by atoms with E-state index < -0.39 is 0 Å². The highest BCUT2D eigenvalue weighted by molar-refractivity contribution is 5.80. The Morgan fingerprint density at radius 2 is 2.19 bits per heavy atom. The summed E-state index contributed by atoms with van der Waals surface area (Å²) in [4.78, 5) is 9.11. The van der Waals surface area contributed by atoms with Gasteiger partial charge in [-0.2, -0.15) is 0 Å². The van der Waals surface area contributed by atoms with Crippen LogP contribution in [0.4, 0.5) is 0 Å². The number of hydrogen-bond acceptors (Lipinski definition) is 3. The van der Waals surface area contributed by atoms with Crippen molar-refractivity contribution in [3.8, 4) is 0 Å². The third-order valence-electron chi connectivity index (χ3n) is 4.06. The van der Waals surface area contributed by atoms with Crippen LogP contribution in [0.3, 0.4) is 0 Å². The fraction of sp³-hybridized carbons (Fsp3) is 0.938. The molecule has 1 N–H and O–H groups in total. The second-order valence-corrected chi connectivity index (χ2v) is 6.50. The molecule has 1 aliphatic rings. The van der Waals surface area contributed by atoms with Crippen LogP contribution in [0.2, 0.25) is 0 Å². The van der Waals surface area contributed by atoms with Gasteiger partial charge in [0.1, 0.15) is 0 Å². The summed E-state index contributed by atoms with van der Waals surface area (Å²) in [6.07, 6.45) is 2.62. The van der Waals surface area contributed by atoms with E-state index in [0.29, 0.717) is 0 Å². The van der Waals surface area contributed by atoms with Crippen molar-refractivity contribution in [1.29, 1.82) is 0 Å². The van der Waals surface area contributed by atoms with Gasteiger partial charge in [-0.1, -0.05) is 13.8 Å². The maximum Gasteiger partial charge on any atom is 0.193 e. The SMILES string of the molecule is CN=C(NCCN(C)CCOC)N1CCC(CC(C)C)C1. The topological polar surface area (TPSA) is 40.1 Å². The number of aliphatic imine (C=N–C) groups is 1. The average Bonchev–Trinajstić information content (AvgIpc) is 2.88. The van der Waals surface area contributed by atoms with Crippen LogP contribution in [-0.4, -0.2) is 76.3 Å². The van der Waals surface area contributed by atoms with Crippen molar-refractivity contribution in [1.82, 2.24) is 15.1 Å². The first kappa shape index (κ1) is 18.2. The molecule has 1 atom stereocenters. The Morgan fingerprint density at radius 3 is 2.81 bits per heavy atom. The van der Waals surface area contributed by atoms with Gasteiger partial charge in [0.2, 0.25) is 0 Å². The van der Waals surface area contributed by atoms with Crippen LogP contribution in [0.25, 0.3) is 0 Å². The van der Waals surface area contributed by atoms with E-state index in [4.69, 9.17) is 4.74 Å². The number of methoxy groups -OCH3 is 1. The van der Waals surface area contributed by atoms with E-state index in [0.717, 1.165) is 57.1 Å². The lowest BCUT2D eigenvalue weighted by molar-refractivity contribution is 0.162. The minimum atomic E-state index is 0.786. The number of likely N-dealkylation sites (tertiary alicyclic amines) is 1. The number of guanidine groups is 1. The molecule has 0 bridgehead atoms. The molecule has 0 amide bonds. The summed E-state index contributed by atoms with van der Waals surface area (Å²) in [6.45, 7) is 10.6. The van der Waals surface area contributed by atoms with Gasteiger partial charge in [-0.3, -0.25) is 4.99 Å². The van der Waals surface area contributed by atoms with E-state index in [-0.39, 0.29) is 0 Å². The van der Waals surface area contributed by atoms with Crippen LogP contribution >= 0.6 is 0 Å². The van der Waals surface area contributed by atoms with Gasteiger partial charge >= 0.3 is 0 Å². The van der Waals surface area contributed by atoms with E-state index in [1.807, 2.05) is 7.05 Å². The number of likely N-dealkylation sites (N-methyl/N-ethyl adjacent to an activating group) is 1.